The van der Waals surface area contributed by atoms with Crippen LogP contribution in [0, 0.1) is 0 Å². The molecule has 0 fully saturated rings. The highest BCUT2D eigenvalue weighted by atomic mass is 16.1. The lowest BCUT2D eigenvalue weighted by Gasteiger charge is -2.09. The van der Waals surface area contributed by atoms with Crippen LogP contribution in [0.1, 0.15) is 30.9 Å². The van der Waals surface area contributed by atoms with Crippen molar-refractivity contribution in [2.75, 3.05) is 0 Å². The largest absolute Gasteiger partial charge is 0.299 e. The van der Waals surface area contributed by atoms with Gasteiger partial charge in [-0.25, -0.2) is 0 Å². The topological polar surface area (TPSA) is 34.9 Å². The van der Waals surface area contributed by atoms with Crippen molar-refractivity contribution < 1.29 is 4.79 Å². The molecule has 0 saturated heterocycles. The van der Waals surface area contributed by atoms with Crippen LogP contribution in [0.25, 0.3) is 0 Å². The van der Waals surface area contributed by atoms with Gasteiger partial charge in [0.25, 0.3) is 0 Å². The summed E-state index contributed by atoms with van der Waals surface area (Å²) >= 11 is 0. The van der Waals surface area contributed by atoms with Crippen LogP contribution in [0.4, 0.5) is 0 Å². The van der Waals surface area contributed by atoms with Crippen molar-refractivity contribution in [1.82, 2.24) is 9.78 Å². The van der Waals surface area contributed by atoms with Crippen molar-refractivity contribution in [2.24, 2.45) is 0 Å². The van der Waals surface area contributed by atoms with Crippen LogP contribution in [0.15, 0.2) is 42.7 Å². The average Bonchev–Trinajstić information content (AvgIpc) is 2.86. The Balaban J connectivity index is 2.04. The van der Waals surface area contributed by atoms with Gasteiger partial charge in [-0.2, -0.15) is 5.10 Å². The van der Waals surface area contributed by atoms with Gasteiger partial charge in [0.15, 0.2) is 0 Å². The molecule has 3 heteroatoms. The quantitative estimate of drug-likeness (QED) is 0.808. The highest BCUT2D eigenvalue weighted by Crippen LogP contribution is 2.17. The molecular weight excluding hydrogens is 224 g/mol. The first-order valence-electron chi connectivity index (χ1n) is 6.29. The van der Waals surface area contributed by atoms with Crippen LogP contribution >= 0.6 is 0 Å². The van der Waals surface area contributed by atoms with E-state index in [1.807, 2.05) is 55.1 Å². The van der Waals surface area contributed by atoms with E-state index in [-0.39, 0.29) is 11.7 Å². The lowest BCUT2D eigenvalue weighted by Crippen LogP contribution is -2.11. The molecule has 94 valence electrons. The predicted molar refractivity (Wildman–Crippen MR) is 71.5 cm³/mol. The van der Waals surface area contributed by atoms with Crippen molar-refractivity contribution in [3.63, 3.8) is 0 Å². The molecule has 1 unspecified atom stereocenters. The number of ketones is 1. The fraction of sp³-hybridized carbons (Fsp3) is 0.333. The minimum Gasteiger partial charge on any atom is -0.299 e. The second kappa shape index (κ2) is 5.63. The molecule has 3 nitrogen and oxygen atoms in total. The lowest BCUT2D eigenvalue weighted by atomic mass is 9.94. The molecule has 0 aliphatic heterocycles. The molecular formula is C15H18N2O. The Hall–Kier alpha value is -1.90. The summed E-state index contributed by atoms with van der Waals surface area (Å²) in [6, 6.07) is 9.89. The monoisotopic (exact) mass is 242 g/mol. The van der Waals surface area contributed by atoms with Gasteiger partial charge < -0.3 is 0 Å². The number of rotatable bonds is 5. The van der Waals surface area contributed by atoms with E-state index in [9.17, 15) is 4.79 Å². The summed E-state index contributed by atoms with van der Waals surface area (Å²) in [7, 11) is 0. The zero-order valence-electron chi connectivity index (χ0n) is 10.8. The highest BCUT2D eigenvalue weighted by Gasteiger charge is 2.15. The normalized spacial score (nSPS) is 12.3. The first-order chi connectivity index (χ1) is 8.70. The van der Waals surface area contributed by atoms with Gasteiger partial charge in [-0.15, -0.1) is 0 Å². The molecule has 0 amide bonds. The fourth-order valence-corrected chi connectivity index (χ4v) is 1.95. The van der Waals surface area contributed by atoms with Crippen LogP contribution in [0.5, 0.6) is 0 Å². The van der Waals surface area contributed by atoms with E-state index in [0.29, 0.717) is 6.42 Å². The minimum absolute atomic E-state index is 0.0591. The Bertz CT molecular complexity index is 516. The predicted octanol–water partition coefficient (Wildman–Crippen LogP) is 2.82. The van der Waals surface area contributed by atoms with E-state index < -0.39 is 0 Å². The molecule has 1 atom stereocenters. The molecule has 0 N–H and O–H groups in total. The Kier molecular flexibility index (Phi) is 3.92. The molecule has 0 radical (unpaired) electrons. The van der Waals surface area contributed by atoms with E-state index in [4.69, 9.17) is 0 Å². The molecule has 2 rings (SSSR count). The third-order valence-electron chi connectivity index (χ3n) is 3.17. The number of carbonyl (C=O) groups is 1. The van der Waals surface area contributed by atoms with Gasteiger partial charge >= 0.3 is 0 Å². The van der Waals surface area contributed by atoms with Gasteiger partial charge in [-0.3, -0.25) is 9.48 Å². The molecule has 0 bridgehead atoms. The Morgan fingerprint density at radius 2 is 2.06 bits per heavy atom. The van der Waals surface area contributed by atoms with Gasteiger partial charge in [-0.1, -0.05) is 37.3 Å². The molecule has 1 aromatic heterocycles. The molecule has 0 aliphatic carbocycles. The number of hydrogen-bond donors (Lipinski definition) is 0. The van der Waals surface area contributed by atoms with E-state index in [2.05, 4.69) is 5.10 Å². The van der Waals surface area contributed by atoms with Crippen LogP contribution < -0.4 is 0 Å². The van der Waals surface area contributed by atoms with Gasteiger partial charge in [0.05, 0.1) is 6.20 Å². The van der Waals surface area contributed by atoms with Crippen molar-refractivity contribution in [2.45, 2.75) is 32.7 Å². The van der Waals surface area contributed by atoms with E-state index in [1.54, 1.807) is 6.20 Å². The molecule has 0 aliphatic rings. The van der Waals surface area contributed by atoms with E-state index in [0.717, 1.165) is 17.7 Å². The Morgan fingerprint density at radius 3 is 2.67 bits per heavy atom. The van der Waals surface area contributed by atoms with Crippen molar-refractivity contribution in [1.29, 1.82) is 0 Å². The van der Waals surface area contributed by atoms with Crippen LogP contribution in [-0.2, 0) is 17.8 Å². The number of nitrogens with zero attached hydrogens (tertiary/aromatic N) is 2. The van der Waals surface area contributed by atoms with Crippen LogP contribution in [0.3, 0.4) is 0 Å². The number of carbonyl (C=O) groups excluding carboxylic acids is 1. The first-order valence-corrected chi connectivity index (χ1v) is 6.29. The standard InChI is InChI=1S/C15H18N2O/c1-3-17-11-13(10-16-17)9-15(18)12(2)14-7-5-4-6-8-14/h4-8,10-12H,3,9H2,1-2H3. The van der Waals surface area contributed by atoms with E-state index >= 15 is 0 Å². The molecule has 1 aromatic carbocycles. The van der Waals surface area contributed by atoms with Crippen molar-refractivity contribution in [3.8, 4) is 0 Å². The minimum atomic E-state index is -0.0591. The third-order valence-corrected chi connectivity index (χ3v) is 3.17. The number of hydrogen-bond acceptors (Lipinski definition) is 2. The first kappa shape index (κ1) is 12.6. The second-order valence-corrected chi connectivity index (χ2v) is 4.48. The second-order valence-electron chi connectivity index (χ2n) is 4.48. The summed E-state index contributed by atoms with van der Waals surface area (Å²) in [6.07, 6.45) is 4.17. The molecule has 0 spiro atoms. The smallest absolute Gasteiger partial charge is 0.144 e. The third kappa shape index (κ3) is 2.86. The summed E-state index contributed by atoms with van der Waals surface area (Å²) in [4.78, 5) is 12.2. The number of benzene rings is 1. The summed E-state index contributed by atoms with van der Waals surface area (Å²) in [5.41, 5.74) is 2.06. The lowest BCUT2D eigenvalue weighted by molar-refractivity contribution is -0.119. The van der Waals surface area contributed by atoms with Gasteiger partial charge in [0.2, 0.25) is 0 Å². The van der Waals surface area contributed by atoms with Gasteiger partial charge in [-0.05, 0) is 18.1 Å². The maximum Gasteiger partial charge on any atom is 0.144 e. The average molecular weight is 242 g/mol. The molecule has 0 saturated carbocycles. The molecule has 18 heavy (non-hydrogen) atoms. The van der Waals surface area contributed by atoms with Crippen LogP contribution in [0.2, 0.25) is 0 Å². The summed E-state index contributed by atoms with van der Waals surface area (Å²) in [6.45, 7) is 4.83. The van der Waals surface area contributed by atoms with E-state index in [1.165, 1.54) is 0 Å². The van der Waals surface area contributed by atoms with Gasteiger partial charge in [0.1, 0.15) is 5.78 Å². The van der Waals surface area contributed by atoms with Gasteiger partial charge in [0, 0.05) is 25.1 Å². The van der Waals surface area contributed by atoms with Crippen molar-refractivity contribution >= 4 is 5.78 Å². The fourth-order valence-electron chi connectivity index (χ4n) is 1.95. The Morgan fingerprint density at radius 1 is 1.33 bits per heavy atom. The zero-order chi connectivity index (χ0) is 13.0. The SMILES string of the molecule is CCn1cc(CC(=O)C(C)c2ccccc2)cn1. The van der Waals surface area contributed by atoms with Crippen molar-refractivity contribution in [3.05, 3.63) is 53.9 Å². The summed E-state index contributed by atoms with van der Waals surface area (Å²) in [5.74, 6) is 0.174. The summed E-state index contributed by atoms with van der Waals surface area (Å²) in [5, 5.41) is 4.18. The maximum absolute atomic E-state index is 12.2. The van der Waals surface area contributed by atoms with Crippen LogP contribution in [-0.4, -0.2) is 15.6 Å². The molecule has 1 heterocycles. The number of Topliss-reactive ketones (excluding diaryl/α,β-unsaturated/α-hetero) is 1. The zero-order valence-corrected chi connectivity index (χ0v) is 10.8. The summed E-state index contributed by atoms with van der Waals surface area (Å²) < 4.78 is 1.84. The highest BCUT2D eigenvalue weighted by molar-refractivity contribution is 5.87. The number of aryl methyl sites for hydroxylation is 1. The molecule has 2 aromatic rings. The maximum atomic E-state index is 12.2. The Labute approximate surface area is 107 Å². The number of aromatic nitrogens is 2.